The molecule has 0 aromatic heterocycles. The van der Waals surface area contributed by atoms with Gasteiger partial charge in [-0.15, -0.1) is 0 Å². The van der Waals surface area contributed by atoms with Crippen LogP contribution in [-0.4, -0.2) is 210 Å². The highest BCUT2D eigenvalue weighted by atomic mass is 16.7. The molecule has 14 aliphatic heterocycles. The first kappa shape index (κ1) is 61.5. The number of aliphatic hydroxyl groups is 4. The Kier molecular flexibility index (Phi) is 16.9. The van der Waals surface area contributed by atoms with Crippen LogP contribution in [0.3, 0.4) is 0 Å². The zero-order valence-electron chi connectivity index (χ0n) is 52.2. The Bertz CT molecular complexity index is 3050. The van der Waals surface area contributed by atoms with Crippen molar-refractivity contribution >= 4 is 10.8 Å². The third-order valence-corrected chi connectivity index (χ3v) is 23.2. The molecule has 14 heterocycles. The molecule has 2 aromatic rings. The minimum Gasteiger partial charge on any atom is -0.391 e. The van der Waals surface area contributed by atoms with Gasteiger partial charge in [0.25, 0.3) is 0 Å². The van der Waals surface area contributed by atoms with Crippen molar-refractivity contribution in [2.75, 3.05) is 13.2 Å². The molecule has 19 heteroatoms. The van der Waals surface area contributed by atoms with E-state index in [9.17, 15) is 20.4 Å². The van der Waals surface area contributed by atoms with Crippen molar-refractivity contribution in [3.05, 3.63) is 109 Å². The van der Waals surface area contributed by atoms with Crippen molar-refractivity contribution in [1.29, 1.82) is 0 Å². The third kappa shape index (κ3) is 11.3. The molecule has 1 spiro atoms. The van der Waals surface area contributed by atoms with Crippen LogP contribution in [-0.2, 0) is 71.1 Å². The topological polar surface area (TPSA) is 219 Å². The van der Waals surface area contributed by atoms with E-state index in [1.807, 2.05) is 56.4 Å². The third-order valence-electron chi connectivity index (χ3n) is 23.2. The predicted molar refractivity (Wildman–Crippen MR) is 324 cm³/mol. The molecule has 3 unspecified atom stereocenters. The first-order valence-electron chi connectivity index (χ1n) is 34.0. The van der Waals surface area contributed by atoms with Gasteiger partial charge in [0.2, 0.25) is 0 Å². The van der Waals surface area contributed by atoms with Gasteiger partial charge < -0.3 is 91.5 Å². The lowest BCUT2D eigenvalue weighted by molar-refractivity contribution is -0.339. The minimum absolute atomic E-state index is 0.0312. The monoisotopic (exact) mass is 1250 g/mol. The second-order valence-electron chi connectivity index (χ2n) is 29.0. The average Bonchev–Trinajstić information content (AvgIpc) is 1.51. The molecule has 16 rings (SSSR count). The summed E-state index contributed by atoms with van der Waals surface area (Å²) < 4.78 is 102. The molecular weight excluding hydrogens is 1160 g/mol. The quantitative estimate of drug-likeness (QED) is 0.230. The van der Waals surface area contributed by atoms with E-state index in [0.717, 1.165) is 17.4 Å². The maximum atomic E-state index is 12.5. The van der Waals surface area contributed by atoms with Crippen LogP contribution >= 0.6 is 0 Å². The van der Waals surface area contributed by atoms with E-state index in [-0.39, 0.29) is 91.3 Å². The highest BCUT2D eigenvalue weighted by molar-refractivity contribution is 5.83. The Balaban J connectivity index is 0.559. The summed E-state index contributed by atoms with van der Waals surface area (Å²) in [6.45, 7) is 11.1. The summed E-state index contributed by atoms with van der Waals surface area (Å²) in [6.07, 6.45) is 12.4. The smallest absolute Gasteiger partial charge is 0.184 e. The van der Waals surface area contributed by atoms with Gasteiger partial charge in [0.05, 0.1) is 123 Å². The van der Waals surface area contributed by atoms with Gasteiger partial charge in [-0.05, 0) is 67.7 Å². The molecule has 19 nitrogen and oxygen atoms in total. The Morgan fingerprint density at radius 2 is 1.14 bits per heavy atom. The standard InChI is InChI=1S/C71H92O19/c1-35-25-52-54(29-58-64(87-52)37(3)62(74)68-65(88-58)36(2)38(4)71(90-68)32-42(72)33-77-71)84-56-31-61-70(5,89-57(56)26-35)60(73)30-55-46(85-61)15-9-8-14-45-47(82-55)21-22-49-48(80-45)23-24-50-53(81-49)28-59-67(86-50)63(75)66-51(83-59)16-10-13-43(78-66)19-20-44-34-76-69(79-44)41-18-17-39-11-6-7-12-40(39)27-41/h6-13,17-24,27,35-38,42-69,72-75H,14-16,25-26,28-34H2,1-5H3/b9-8-,20-19+/t35-,36+,37+,38+,42+,43-,44?,45-,46+,47+,48+,49-,50-,51+,52+,53+,54-,55-,56+,57-,58+,59-,60-,61-,62?,63-,64-,65-,66+,67-,68+,69?,70+,71-/m1/s1. The summed E-state index contributed by atoms with van der Waals surface area (Å²) in [4.78, 5) is 0. The van der Waals surface area contributed by atoms with Gasteiger partial charge in [-0.2, -0.15) is 0 Å². The lowest BCUT2D eigenvalue weighted by atomic mass is 9.75. The number of fused-ring (bicyclic) bond motifs is 12. The normalized spacial score (nSPS) is 53.5. The maximum absolute atomic E-state index is 12.5. The van der Waals surface area contributed by atoms with Gasteiger partial charge >= 0.3 is 0 Å². The van der Waals surface area contributed by atoms with Crippen LogP contribution in [0.1, 0.15) is 111 Å². The van der Waals surface area contributed by atoms with Crippen LogP contribution in [0.5, 0.6) is 0 Å². The van der Waals surface area contributed by atoms with Crippen molar-refractivity contribution in [2.45, 2.75) is 281 Å². The number of hydrogen-bond donors (Lipinski definition) is 4. The highest BCUT2D eigenvalue weighted by Gasteiger charge is 2.63. The zero-order valence-corrected chi connectivity index (χ0v) is 52.2. The van der Waals surface area contributed by atoms with Gasteiger partial charge in [0, 0.05) is 49.5 Å². The molecule has 4 N–H and O–H groups in total. The lowest BCUT2D eigenvalue weighted by Crippen LogP contribution is -2.63. The molecule has 0 bridgehead atoms. The predicted octanol–water partition coefficient (Wildman–Crippen LogP) is 6.88. The van der Waals surface area contributed by atoms with Crippen molar-refractivity contribution in [3.63, 3.8) is 0 Å². The molecule has 0 aliphatic carbocycles. The van der Waals surface area contributed by atoms with E-state index in [1.165, 1.54) is 5.39 Å². The van der Waals surface area contributed by atoms with Crippen molar-refractivity contribution in [2.24, 2.45) is 23.7 Å². The second-order valence-corrected chi connectivity index (χ2v) is 29.0. The maximum Gasteiger partial charge on any atom is 0.184 e. The molecule has 490 valence electrons. The SMILES string of the molecule is C[C@@H]1C[C@@H]2O[C@H]3[C@H](C[C@H]2O[C@H]2C[C@H]4O[C@H]5C/C=C\C[C@H]6O[C@H]7C=C[C@H]8O[C@H]9[C@H](O)[C@H]%10O[C@@H](/C=C/C%11COC(c%12ccc%13ccccc%13c%12)O%11)C=CC[C@@H]%10O[C@@H]9C[C@@H]8O[C@@H]7C=C[C@@H]6O[C@@H]5C[C@@H](O)[C@]4(C)O[C@@H]2C1)O[C@@H]1[C@@H](C)[C@H](C)[C@@]2(C[C@H](O)CO2)O[C@H]1C(O)[C@@H]3C. The first-order chi connectivity index (χ1) is 43.6. The van der Waals surface area contributed by atoms with Crippen molar-refractivity contribution < 1.29 is 91.5 Å². The summed E-state index contributed by atoms with van der Waals surface area (Å²) in [5.74, 6) is -1.19. The van der Waals surface area contributed by atoms with E-state index in [0.29, 0.717) is 64.4 Å². The van der Waals surface area contributed by atoms with Crippen LogP contribution in [0.15, 0.2) is 103 Å². The number of aliphatic hydroxyl groups excluding tert-OH is 4. The van der Waals surface area contributed by atoms with E-state index in [1.54, 1.807) is 0 Å². The Labute approximate surface area is 527 Å². The van der Waals surface area contributed by atoms with Crippen LogP contribution in [0.25, 0.3) is 10.8 Å². The minimum atomic E-state index is -1.04. The Hall–Kier alpha value is -3.36. The Morgan fingerprint density at radius 3 is 1.97 bits per heavy atom. The number of hydrogen-bond acceptors (Lipinski definition) is 19. The summed E-state index contributed by atoms with van der Waals surface area (Å²) in [6, 6.07) is 14.5. The van der Waals surface area contributed by atoms with Crippen LogP contribution in [0.2, 0.25) is 0 Å². The lowest BCUT2D eigenvalue weighted by Gasteiger charge is -2.53. The van der Waals surface area contributed by atoms with Gasteiger partial charge in [0.15, 0.2) is 12.1 Å². The largest absolute Gasteiger partial charge is 0.391 e. The summed E-state index contributed by atoms with van der Waals surface area (Å²) in [7, 11) is 0. The van der Waals surface area contributed by atoms with E-state index in [2.05, 4.69) is 81.5 Å². The molecule has 0 amide bonds. The molecular formula is C71H92O19. The fourth-order valence-corrected chi connectivity index (χ4v) is 17.9. The zero-order chi connectivity index (χ0) is 61.3. The summed E-state index contributed by atoms with van der Waals surface area (Å²) in [5.41, 5.74) is -0.0665. The molecule has 0 radical (unpaired) electrons. The van der Waals surface area contributed by atoms with Gasteiger partial charge in [-0.1, -0.05) is 125 Å². The van der Waals surface area contributed by atoms with Crippen LogP contribution in [0, 0.1) is 23.7 Å². The number of rotatable bonds is 3. The second kappa shape index (κ2) is 24.7. The average molecular weight is 1250 g/mol. The molecule has 2 aromatic carbocycles. The molecule has 14 aliphatic rings. The van der Waals surface area contributed by atoms with E-state index < -0.39 is 121 Å². The van der Waals surface area contributed by atoms with Crippen molar-refractivity contribution in [3.8, 4) is 0 Å². The summed E-state index contributed by atoms with van der Waals surface area (Å²) >= 11 is 0. The van der Waals surface area contributed by atoms with Crippen molar-refractivity contribution in [1.82, 2.24) is 0 Å². The highest BCUT2D eigenvalue weighted by Crippen LogP contribution is 2.52. The first-order valence-corrected chi connectivity index (χ1v) is 34.0. The van der Waals surface area contributed by atoms with Crippen LogP contribution < -0.4 is 0 Å². The molecule has 90 heavy (non-hydrogen) atoms. The van der Waals surface area contributed by atoms with E-state index in [4.69, 9.17) is 71.1 Å². The Morgan fingerprint density at radius 1 is 0.478 bits per heavy atom. The molecule has 34 atom stereocenters. The summed E-state index contributed by atoms with van der Waals surface area (Å²) in [5, 5.41) is 49.5. The van der Waals surface area contributed by atoms with Gasteiger partial charge in [-0.25, -0.2) is 0 Å². The molecule has 10 saturated heterocycles. The molecule has 10 fully saturated rings. The fraction of sp³-hybridized carbons (Fsp3) is 0.718. The number of benzene rings is 2. The van der Waals surface area contributed by atoms with Crippen LogP contribution in [0.4, 0.5) is 0 Å². The fourth-order valence-electron chi connectivity index (χ4n) is 17.9. The van der Waals surface area contributed by atoms with E-state index >= 15 is 0 Å². The molecule has 0 saturated carbocycles. The van der Waals surface area contributed by atoms with Gasteiger partial charge in [0.1, 0.15) is 60.5 Å². The number of ether oxygens (including phenoxy) is 15. The van der Waals surface area contributed by atoms with Gasteiger partial charge in [-0.3, -0.25) is 0 Å².